The molecule has 1 saturated heterocycles. The number of aliphatic imine (C=N–C) groups is 1. The number of H-pyrrole nitrogens is 2. The van der Waals surface area contributed by atoms with Crippen molar-refractivity contribution in [2.75, 3.05) is 13.2 Å². The molecule has 0 aliphatic carbocycles. The molecule has 2 aliphatic heterocycles. The summed E-state index contributed by atoms with van der Waals surface area (Å²) >= 11 is 0. The quantitative estimate of drug-likeness (QED) is 0.144. The van der Waals surface area contributed by atoms with Crippen molar-refractivity contribution in [1.29, 1.82) is 0 Å². The van der Waals surface area contributed by atoms with E-state index < -0.39 is 48.8 Å². The second kappa shape index (κ2) is 13.9. The molecule has 2 unspecified atom stereocenters. The molecule has 0 radical (unpaired) electrons. The molecule has 4 N–H and O–H groups in total. The number of carbonyl (C=O) groups excluding carboxylic acids is 1. The van der Waals surface area contributed by atoms with Crippen molar-refractivity contribution in [3.63, 3.8) is 0 Å². The van der Waals surface area contributed by atoms with E-state index in [0.717, 1.165) is 0 Å². The monoisotopic (exact) mass is 620 g/mol. The van der Waals surface area contributed by atoms with Gasteiger partial charge in [-0.05, 0) is 26.3 Å². The Morgan fingerprint density at radius 1 is 1.26 bits per heavy atom. The molecule has 4 atom stereocenters. The number of aromatic amines is 2. The fourth-order valence-electron chi connectivity index (χ4n) is 4.55. The van der Waals surface area contributed by atoms with Crippen LogP contribution in [0.4, 0.5) is 5.69 Å². The summed E-state index contributed by atoms with van der Waals surface area (Å²) in [5.74, 6) is 0.0568. The number of nitrogens with one attached hydrogen (secondary N) is 3. The molecule has 0 bridgehead atoms. The molecule has 2 aromatic heterocycles. The lowest BCUT2D eigenvalue weighted by molar-refractivity contribution is -0.116. The molecule has 0 spiro atoms. The molecule has 4 rings (SSSR count). The highest BCUT2D eigenvalue weighted by Crippen LogP contribution is 2.48. The van der Waals surface area contributed by atoms with E-state index in [2.05, 4.69) is 25.3 Å². The van der Waals surface area contributed by atoms with Crippen molar-refractivity contribution in [2.24, 2.45) is 4.99 Å². The topological polar surface area (TPSA) is 207 Å². The van der Waals surface area contributed by atoms with Gasteiger partial charge in [-0.15, -0.1) is 0 Å². The van der Waals surface area contributed by atoms with E-state index in [4.69, 9.17) is 14.0 Å². The lowest BCUT2D eigenvalue weighted by Crippen LogP contribution is -2.33. The third-order valence-corrected chi connectivity index (χ3v) is 8.66. The van der Waals surface area contributed by atoms with Gasteiger partial charge in [0.1, 0.15) is 23.8 Å². The van der Waals surface area contributed by atoms with Crippen LogP contribution in [0.15, 0.2) is 31.6 Å². The first-order valence-electron chi connectivity index (χ1n) is 14.1. The Kier molecular flexibility index (Phi) is 10.5. The van der Waals surface area contributed by atoms with Crippen LogP contribution >= 0.6 is 7.60 Å². The highest BCUT2D eigenvalue weighted by atomic mass is 31.2. The summed E-state index contributed by atoms with van der Waals surface area (Å²) in [4.78, 5) is 72.9. The molecular weight excluding hydrogens is 583 g/mol. The van der Waals surface area contributed by atoms with Crippen LogP contribution in [0, 0.1) is 0 Å². The molecule has 1 amide bonds. The highest BCUT2D eigenvalue weighted by molar-refractivity contribution is 7.53. The van der Waals surface area contributed by atoms with E-state index in [1.165, 1.54) is 22.9 Å². The lowest BCUT2D eigenvalue weighted by atomic mass is 10.2. The second-order valence-corrected chi connectivity index (χ2v) is 13.3. The van der Waals surface area contributed by atoms with Crippen LogP contribution in [-0.4, -0.2) is 73.7 Å². The van der Waals surface area contributed by atoms with E-state index in [0.29, 0.717) is 43.0 Å². The van der Waals surface area contributed by atoms with Gasteiger partial charge >= 0.3 is 13.3 Å². The second-order valence-electron chi connectivity index (χ2n) is 10.8. The van der Waals surface area contributed by atoms with Crippen LogP contribution in [0.1, 0.15) is 63.8 Å². The predicted octanol–water partition coefficient (Wildman–Crippen LogP) is 1.33. The molecule has 0 saturated carbocycles. The summed E-state index contributed by atoms with van der Waals surface area (Å²) in [6.45, 7) is 6.87. The number of nitrogens with zero attached hydrogens (tertiary/aromatic N) is 3. The molecular formula is C27H37N6O9P. The van der Waals surface area contributed by atoms with Crippen LogP contribution in [-0.2, 0) is 36.2 Å². The molecule has 1 fully saturated rings. The average Bonchev–Trinajstić information content (AvgIpc) is 3.56. The van der Waals surface area contributed by atoms with E-state index in [9.17, 15) is 28.6 Å². The summed E-state index contributed by atoms with van der Waals surface area (Å²) in [7, 11) is -3.86. The normalized spacial score (nSPS) is 21.1. The maximum absolute atomic E-state index is 12.7. The van der Waals surface area contributed by atoms with Gasteiger partial charge in [-0.1, -0.05) is 13.8 Å². The fourth-order valence-corrected chi connectivity index (χ4v) is 5.21. The van der Waals surface area contributed by atoms with Crippen LogP contribution in [0.2, 0.25) is 0 Å². The van der Waals surface area contributed by atoms with E-state index in [1.54, 1.807) is 20.1 Å². The van der Waals surface area contributed by atoms with Crippen molar-refractivity contribution in [3.8, 4) is 0 Å². The first kappa shape index (κ1) is 32.4. The standard InChI is InChI=1S/C27H37N6O9P/c1-15(2)41-19-12-23(42-20(19)14-40-43(38,39)16(3)4)33-13-17(25(35)32-27(33)37)7-8-22(34)28-10-5-6-21-30-18-9-11-29-24(18)26(36)31-21/h7-8,11,13,15-16,19-20,23H,5-6,9-10,12,14H2,1-4H3,(H,28,34)(H,38,39)(H,30,31,36)(H,32,35,37)/b8-7+/t19?,20-,23-/m1/s1. The highest BCUT2D eigenvalue weighted by Gasteiger charge is 2.40. The Bertz CT molecular complexity index is 1610. The maximum Gasteiger partial charge on any atom is 0.330 e. The summed E-state index contributed by atoms with van der Waals surface area (Å²) in [5, 5.41) is 2.70. The maximum atomic E-state index is 12.7. The van der Waals surface area contributed by atoms with Crippen molar-refractivity contribution in [1.82, 2.24) is 24.8 Å². The van der Waals surface area contributed by atoms with Gasteiger partial charge in [-0.3, -0.25) is 33.5 Å². The Labute approximate surface area is 246 Å². The molecule has 0 aromatic carbocycles. The summed E-state index contributed by atoms with van der Waals surface area (Å²) < 4.78 is 30.7. The number of ether oxygens (including phenoxy) is 2. The lowest BCUT2D eigenvalue weighted by Gasteiger charge is -2.23. The minimum atomic E-state index is -3.86. The van der Waals surface area contributed by atoms with E-state index >= 15 is 0 Å². The zero-order valence-corrected chi connectivity index (χ0v) is 25.3. The SMILES string of the molecule is CC(C)OC1C[C@H](n2cc(/C=C/C(=O)NCCCc3nc4c(c(=O)[nH]3)N=CC4)c(=O)[nH]c2=O)O[C@@H]1COP(=O)(O)C(C)C. The number of carbonyl (C=O) groups is 1. The molecule has 2 aliphatic rings. The number of aromatic nitrogens is 4. The molecule has 2 aromatic rings. The third-order valence-electron chi connectivity index (χ3n) is 6.83. The minimum Gasteiger partial charge on any atom is -0.373 e. The van der Waals surface area contributed by atoms with Crippen molar-refractivity contribution < 1.29 is 28.3 Å². The first-order valence-corrected chi connectivity index (χ1v) is 15.7. The number of amides is 1. The van der Waals surface area contributed by atoms with Crippen LogP contribution in [0.3, 0.4) is 0 Å². The van der Waals surface area contributed by atoms with Crippen LogP contribution in [0.25, 0.3) is 6.08 Å². The summed E-state index contributed by atoms with van der Waals surface area (Å²) in [6.07, 6.45) is 4.74. The van der Waals surface area contributed by atoms with E-state index in [-0.39, 0.29) is 30.3 Å². The number of hydrogen-bond acceptors (Lipinski definition) is 10. The molecule has 4 heterocycles. The summed E-state index contributed by atoms with van der Waals surface area (Å²) in [5.41, 5.74) is -1.29. The van der Waals surface area contributed by atoms with Gasteiger partial charge in [0.25, 0.3) is 11.1 Å². The van der Waals surface area contributed by atoms with Gasteiger partial charge in [0, 0.05) is 44.3 Å². The largest absolute Gasteiger partial charge is 0.373 e. The van der Waals surface area contributed by atoms with Gasteiger partial charge in [0.05, 0.1) is 35.7 Å². The van der Waals surface area contributed by atoms with Crippen molar-refractivity contribution in [3.05, 3.63) is 60.5 Å². The fraction of sp³-hybridized carbons (Fsp3) is 0.556. The Morgan fingerprint density at radius 2 is 2.02 bits per heavy atom. The first-order chi connectivity index (χ1) is 20.3. The van der Waals surface area contributed by atoms with Gasteiger partial charge in [-0.25, -0.2) is 9.78 Å². The molecule has 43 heavy (non-hydrogen) atoms. The number of aryl methyl sites for hydroxylation is 1. The van der Waals surface area contributed by atoms with Crippen molar-refractivity contribution in [2.45, 2.75) is 83.6 Å². The van der Waals surface area contributed by atoms with Crippen molar-refractivity contribution >= 4 is 31.5 Å². The zero-order chi connectivity index (χ0) is 31.3. The number of fused-ring (bicyclic) bond motifs is 1. The Balaban J connectivity index is 1.37. The zero-order valence-electron chi connectivity index (χ0n) is 24.4. The van der Waals surface area contributed by atoms with Gasteiger partial charge in [-0.2, -0.15) is 0 Å². The van der Waals surface area contributed by atoms with E-state index in [1.807, 2.05) is 13.8 Å². The van der Waals surface area contributed by atoms with Gasteiger partial charge in [0.15, 0.2) is 0 Å². The summed E-state index contributed by atoms with van der Waals surface area (Å²) in [6, 6.07) is 0. The van der Waals surface area contributed by atoms with Gasteiger partial charge < -0.3 is 29.2 Å². The Morgan fingerprint density at radius 3 is 2.74 bits per heavy atom. The number of rotatable bonds is 13. The Hall–Kier alpha value is -3.49. The molecule has 16 heteroatoms. The van der Waals surface area contributed by atoms with Gasteiger partial charge in [0.2, 0.25) is 5.91 Å². The molecule has 234 valence electrons. The number of hydrogen-bond donors (Lipinski definition) is 4. The van der Waals surface area contributed by atoms with Crippen LogP contribution in [0.5, 0.6) is 0 Å². The third kappa shape index (κ3) is 8.33. The predicted molar refractivity (Wildman–Crippen MR) is 158 cm³/mol. The minimum absolute atomic E-state index is 0.0428. The smallest absolute Gasteiger partial charge is 0.330 e. The molecule has 15 nitrogen and oxygen atoms in total. The van der Waals surface area contributed by atoms with Crippen LogP contribution < -0.4 is 22.1 Å². The average molecular weight is 621 g/mol.